The number of anilines is 1. The van der Waals surface area contributed by atoms with E-state index < -0.39 is 0 Å². The topological polar surface area (TPSA) is 51.6 Å². The molecule has 0 amide bonds. The minimum atomic E-state index is -0.0842. The summed E-state index contributed by atoms with van der Waals surface area (Å²) in [7, 11) is 3.35. The lowest BCUT2D eigenvalue weighted by Gasteiger charge is -2.28. The van der Waals surface area contributed by atoms with E-state index in [0.717, 1.165) is 22.9 Å². The second-order valence-electron chi connectivity index (χ2n) is 8.36. The summed E-state index contributed by atoms with van der Waals surface area (Å²) in [5.74, 6) is 1.50. The molecule has 1 aromatic carbocycles. The number of hydrogen-bond acceptors (Lipinski definition) is 4. The minimum Gasteiger partial charge on any atom is -0.497 e. The Bertz CT molecular complexity index is 1090. The summed E-state index contributed by atoms with van der Waals surface area (Å²) in [5.41, 5.74) is 3.03. The first-order valence-electron chi connectivity index (χ1n) is 11.1. The van der Waals surface area contributed by atoms with E-state index in [4.69, 9.17) is 21.7 Å². The highest BCUT2D eigenvalue weighted by molar-refractivity contribution is 7.80. The van der Waals surface area contributed by atoms with E-state index in [1.165, 1.54) is 31.2 Å². The number of methoxy groups -OCH3 is 2. The number of rotatable bonds is 6. The molecular weight excluding hydrogens is 420 g/mol. The van der Waals surface area contributed by atoms with Crippen LogP contribution in [0.15, 0.2) is 61.1 Å². The molecular formula is C25H28N4O2S. The average molecular weight is 449 g/mol. The Morgan fingerprint density at radius 3 is 2.62 bits per heavy atom. The molecule has 1 aliphatic heterocycles. The van der Waals surface area contributed by atoms with Gasteiger partial charge in [0.2, 0.25) is 0 Å². The molecule has 2 fully saturated rings. The number of aromatic nitrogens is 2. The molecule has 0 bridgehead atoms. The van der Waals surface area contributed by atoms with Gasteiger partial charge >= 0.3 is 0 Å². The quantitative estimate of drug-likeness (QED) is 0.524. The maximum absolute atomic E-state index is 5.86. The van der Waals surface area contributed by atoms with E-state index in [1.54, 1.807) is 14.2 Å². The fourth-order valence-corrected chi connectivity index (χ4v) is 5.31. The van der Waals surface area contributed by atoms with Crippen LogP contribution in [0, 0.1) is 0 Å². The van der Waals surface area contributed by atoms with Crippen molar-refractivity contribution < 1.29 is 9.47 Å². The van der Waals surface area contributed by atoms with Crippen molar-refractivity contribution in [1.82, 2.24) is 14.9 Å². The molecule has 2 atom stereocenters. The van der Waals surface area contributed by atoms with Gasteiger partial charge in [0.05, 0.1) is 37.7 Å². The summed E-state index contributed by atoms with van der Waals surface area (Å²) in [6, 6.07) is 14.4. The van der Waals surface area contributed by atoms with E-state index in [0.29, 0.717) is 11.2 Å². The van der Waals surface area contributed by atoms with Crippen molar-refractivity contribution in [2.75, 3.05) is 19.1 Å². The number of ether oxygens (including phenoxy) is 2. The molecule has 0 unspecified atom stereocenters. The van der Waals surface area contributed by atoms with Crippen molar-refractivity contribution in [1.29, 1.82) is 0 Å². The number of nitrogens with one attached hydrogen (secondary N) is 1. The highest BCUT2D eigenvalue weighted by atomic mass is 32.1. The molecule has 1 saturated heterocycles. The van der Waals surface area contributed by atoms with Gasteiger partial charge in [0, 0.05) is 30.7 Å². The largest absolute Gasteiger partial charge is 0.497 e. The van der Waals surface area contributed by atoms with Gasteiger partial charge in [-0.25, -0.2) is 0 Å². The number of hydrogen-bond donors (Lipinski definition) is 1. The second-order valence-corrected chi connectivity index (χ2v) is 8.75. The van der Waals surface area contributed by atoms with Gasteiger partial charge in [0.15, 0.2) is 5.11 Å². The highest BCUT2D eigenvalue weighted by Gasteiger charge is 2.42. The molecule has 1 N–H and O–H groups in total. The van der Waals surface area contributed by atoms with Crippen molar-refractivity contribution in [3.05, 3.63) is 72.3 Å². The molecule has 1 aliphatic carbocycles. The van der Waals surface area contributed by atoms with Crippen LogP contribution >= 0.6 is 12.2 Å². The van der Waals surface area contributed by atoms with Crippen molar-refractivity contribution in [2.24, 2.45) is 0 Å². The van der Waals surface area contributed by atoms with Crippen molar-refractivity contribution >= 4 is 23.0 Å². The fourth-order valence-electron chi connectivity index (χ4n) is 4.97. The standard InChI is InChI=1S/C25H28N4O2S/c1-30-19-10-11-22(31-2)21(15-19)29-24(17-12-14-28(16-17)18-7-3-4-8-18)23(27-25(29)32)20-9-5-6-13-26-20/h5-6,9-16,18,23-24H,3-4,7-8H2,1-2H3,(H,27,32)/t23-,24-/m0/s1. The monoisotopic (exact) mass is 448 g/mol. The van der Waals surface area contributed by atoms with Crippen LogP contribution in [-0.4, -0.2) is 28.9 Å². The van der Waals surface area contributed by atoms with Crippen LogP contribution in [0.2, 0.25) is 0 Å². The Balaban J connectivity index is 1.61. The zero-order valence-corrected chi connectivity index (χ0v) is 19.2. The molecule has 5 rings (SSSR count). The lowest BCUT2D eigenvalue weighted by Crippen LogP contribution is -2.29. The maximum atomic E-state index is 5.86. The normalized spacial score (nSPS) is 21.1. The Hall–Kier alpha value is -3.06. The zero-order chi connectivity index (χ0) is 22.1. The van der Waals surface area contributed by atoms with Gasteiger partial charge in [0.1, 0.15) is 11.5 Å². The van der Waals surface area contributed by atoms with E-state index >= 15 is 0 Å². The third-order valence-electron chi connectivity index (χ3n) is 6.57. The predicted molar refractivity (Wildman–Crippen MR) is 129 cm³/mol. The minimum absolute atomic E-state index is 0.0685. The molecule has 0 radical (unpaired) electrons. The Kier molecular flexibility index (Phi) is 5.74. The number of nitrogens with zero attached hydrogens (tertiary/aromatic N) is 3. The van der Waals surface area contributed by atoms with Crippen molar-refractivity contribution in [2.45, 2.75) is 43.8 Å². The SMILES string of the molecule is COc1ccc(OC)c(N2C(=S)N[C@@H](c3ccccn3)[C@@H]2c2ccn(C3CCCC3)c2)c1. The number of thiocarbonyl (C=S) groups is 1. The first kappa shape index (κ1) is 20.8. The summed E-state index contributed by atoms with van der Waals surface area (Å²) in [5, 5.41) is 4.17. The number of pyridine rings is 1. The summed E-state index contributed by atoms with van der Waals surface area (Å²) in [6.45, 7) is 0. The highest BCUT2D eigenvalue weighted by Crippen LogP contribution is 2.46. The summed E-state index contributed by atoms with van der Waals surface area (Å²) < 4.78 is 13.6. The first-order valence-corrected chi connectivity index (χ1v) is 11.5. The molecule has 0 spiro atoms. The molecule has 166 valence electrons. The second kappa shape index (κ2) is 8.82. The van der Waals surface area contributed by atoms with Crippen molar-refractivity contribution in [3.63, 3.8) is 0 Å². The Labute approximate surface area is 194 Å². The van der Waals surface area contributed by atoms with Gasteiger partial charge in [-0.15, -0.1) is 0 Å². The lowest BCUT2D eigenvalue weighted by atomic mass is 9.98. The van der Waals surface area contributed by atoms with Crippen LogP contribution in [0.5, 0.6) is 11.5 Å². The molecule has 3 aromatic rings. The Morgan fingerprint density at radius 1 is 1.06 bits per heavy atom. The van der Waals surface area contributed by atoms with E-state index in [9.17, 15) is 0 Å². The molecule has 2 aromatic heterocycles. The van der Waals surface area contributed by atoms with Crippen LogP contribution < -0.4 is 19.7 Å². The zero-order valence-electron chi connectivity index (χ0n) is 18.4. The summed E-state index contributed by atoms with van der Waals surface area (Å²) in [4.78, 5) is 6.79. The van der Waals surface area contributed by atoms with Crippen molar-refractivity contribution in [3.8, 4) is 11.5 Å². The molecule has 7 heteroatoms. The van der Waals surface area contributed by atoms with Gasteiger partial charge in [-0.3, -0.25) is 4.98 Å². The van der Waals surface area contributed by atoms with E-state index in [1.807, 2.05) is 42.6 Å². The molecule has 3 heterocycles. The van der Waals surface area contributed by atoms with Gasteiger partial charge < -0.3 is 24.3 Å². The molecule has 6 nitrogen and oxygen atoms in total. The van der Waals surface area contributed by atoms with E-state index in [-0.39, 0.29) is 12.1 Å². The van der Waals surface area contributed by atoms with Gasteiger partial charge in [-0.2, -0.15) is 0 Å². The maximum Gasteiger partial charge on any atom is 0.174 e. The van der Waals surface area contributed by atoms with Crippen LogP contribution in [0.4, 0.5) is 5.69 Å². The predicted octanol–water partition coefficient (Wildman–Crippen LogP) is 5.19. The van der Waals surface area contributed by atoms with Crippen LogP contribution in [0.3, 0.4) is 0 Å². The summed E-state index contributed by atoms with van der Waals surface area (Å²) in [6.07, 6.45) is 11.4. The number of benzene rings is 1. The molecule has 32 heavy (non-hydrogen) atoms. The van der Waals surface area contributed by atoms with Crippen LogP contribution in [-0.2, 0) is 0 Å². The molecule has 2 aliphatic rings. The molecule has 1 saturated carbocycles. The summed E-state index contributed by atoms with van der Waals surface area (Å²) >= 11 is 5.86. The first-order chi connectivity index (χ1) is 15.7. The average Bonchev–Trinajstić information content (AvgIpc) is 3.58. The van der Waals surface area contributed by atoms with Crippen LogP contribution in [0.25, 0.3) is 0 Å². The lowest BCUT2D eigenvalue weighted by molar-refractivity contribution is 0.403. The van der Waals surface area contributed by atoms with Gasteiger partial charge in [0.25, 0.3) is 0 Å². The Morgan fingerprint density at radius 2 is 1.91 bits per heavy atom. The third kappa shape index (κ3) is 3.71. The van der Waals surface area contributed by atoms with Gasteiger partial charge in [-0.05, 0) is 61.0 Å². The fraction of sp³-hybridized carbons (Fsp3) is 0.360. The van der Waals surface area contributed by atoms with Gasteiger partial charge in [-0.1, -0.05) is 18.9 Å². The van der Waals surface area contributed by atoms with Crippen LogP contribution in [0.1, 0.15) is 55.1 Å². The third-order valence-corrected chi connectivity index (χ3v) is 6.88. The smallest absolute Gasteiger partial charge is 0.174 e. The van der Waals surface area contributed by atoms with E-state index in [2.05, 4.69) is 38.2 Å².